The molecule has 0 fully saturated rings. The fraction of sp³-hybridized carbons (Fsp3) is 0.333. The Morgan fingerprint density at radius 1 is 1.32 bits per heavy atom. The molecule has 102 valence electrons. The first-order valence-corrected chi connectivity index (χ1v) is 7.89. The van der Waals surface area contributed by atoms with Gasteiger partial charge >= 0.3 is 0 Å². The van der Waals surface area contributed by atoms with Crippen LogP contribution in [0.3, 0.4) is 0 Å². The number of aryl methyl sites for hydroxylation is 2. The van der Waals surface area contributed by atoms with E-state index in [0.29, 0.717) is 0 Å². The molecule has 0 radical (unpaired) electrons. The largest absolute Gasteiger partial charge is 0.306 e. The molecule has 0 amide bonds. The van der Waals surface area contributed by atoms with Crippen molar-refractivity contribution in [3.05, 3.63) is 55.4 Å². The third-order valence-corrected chi connectivity index (χ3v) is 5.23. The van der Waals surface area contributed by atoms with Crippen molar-refractivity contribution in [3.8, 4) is 0 Å². The molecular formula is C15H17BrFNS. The molecule has 0 saturated heterocycles. The maximum absolute atomic E-state index is 14.1. The van der Waals surface area contributed by atoms with Crippen LogP contribution >= 0.6 is 27.3 Å². The Morgan fingerprint density at radius 3 is 2.63 bits per heavy atom. The average Bonchev–Trinajstić information content (AvgIpc) is 2.70. The quantitative estimate of drug-likeness (QED) is 0.828. The summed E-state index contributed by atoms with van der Waals surface area (Å²) >= 11 is 5.20. The summed E-state index contributed by atoms with van der Waals surface area (Å²) in [5, 5.41) is 3.37. The molecule has 0 aliphatic carbocycles. The summed E-state index contributed by atoms with van der Waals surface area (Å²) in [7, 11) is 0. The van der Waals surface area contributed by atoms with Crippen molar-refractivity contribution < 1.29 is 4.39 Å². The van der Waals surface area contributed by atoms with Crippen LogP contribution in [0.15, 0.2) is 28.1 Å². The summed E-state index contributed by atoms with van der Waals surface area (Å²) < 4.78 is 15.2. The third-order valence-electron chi connectivity index (χ3n) is 3.03. The fourth-order valence-corrected chi connectivity index (χ4v) is 3.74. The lowest BCUT2D eigenvalue weighted by molar-refractivity contribution is 0.562. The number of thiophene rings is 1. The van der Waals surface area contributed by atoms with Crippen molar-refractivity contribution in [2.24, 2.45) is 0 Å². The number of hydrogen-bond acceptors (Lipinski definition) is 2. The SMILES string of the molecule is CCNC(c1cc(C)c(Br)s1)c1cc(C)ccc1F. The molecule has 1 nitrogen and oxygen atoms in total. The van der Waals surface area contributed by atoms with E-state index < -0.39 is 0 Å². The summed E-state index contributed by atoms with van der Waals surface area (Å²) in [6.07, 6.45) is 0. The van der Waals surface area contributed by atoms with E-state index in [4.69, 9.17) is 0 Å². The molecule has 1 unspecified atom stereocenters. The molecule has 1 aromatic heterocycles. The number of benzene rings is 1. The zero-order valence-corrected chi connectivity index (χ0v) is 13.7. The van der Waals surface area contributed by atoms with Crippen molar-refractivity contribution in [1.82, 2.24) is 5.32 Å². The van der Waals surface area contributed by atoms with Gasteiger partial charge in [-0.1, -0.05) is 24.6 Å². The monoisotopic (exact) mass is 341 g/mol. The van der Waals surface area contributed by atoms with Gasteiger partial charge in [-0.05, 0) is 54.0 Å². The standard InChI is InChI=1S/C15H17BrFNS/c1-4-18-14(13-8-10(3)15(16)19-13)11-7-9(2)5-6-12(11)17/h5-8,14,18H,4H2,1-3H3. The van der Waals surface area contributed by atoms with Crippen molar-refractivity contribution in [3.63, 3.8) is 0 Å². The van der Waals surface area contributed by atoms with Gasteiger partial charge in [0.1, 0.15) is 5.82 Å². The van der Waals surface area contributed by atoms with Crippen molar-refractivity contribution in [2.75, 3.05) is 6.54 Å². The predicted molar refractivity (Wildman–Crippen MR) is 83.4 cm³/mol. The summed E-state index contributed by atoms with van der Waals surface area (Å²) in [4.78, 5) is 1.13. The van der Waals surface area contributed by atoms with Gasteiger partial charge in [0, 0.05) is 10.4 Å². The van der Waals surface area contributed by atoms with Gasteiger partial charge in [0.25, 0.3) is 0 Å². The molecule has 1 heterocycles. The fourth-order valence-electron chi connectivity index (χ4n) is 2.08. The van der Waals surface area contributed by atoms with Crippen LogP contribution in [-0.2, 0) is 0 Å². The van der Waals surface area contributed by atoms with Gasteiger partial charge in [0.15, 0.2) is 0 Å². The summed E-state index contributed by atoms with van der Waals surface area (Å²) in [6, 6.07) is 7.30. The van der Waals surface area contributed by atoms with E-state index in [2.05, 4.69) is 34.2 Å². The Bertz CT molecular complexity index is 560. The van der Waals surface area contributed by atoms with E-state index in [1.807, 2.05) is 19.9 Å². The molecule has 0 saturated carbocycles. The van der Waals surface area contributed by atoms with Gasteiger partial charge in [-0.2, -0.15) is 0 Å². The summed E-state index contributed by atoms with van der Waals surface area (Å²) in [5.41, 5.74) is 2.98. The molecule has 19 heavy (non-hydrogen) atoms. The Kier molecular flexibility index (Phi) is 4.76. The lowest BCUT2D eigenvalue weighted by Gasteiger charge is -2.18. The molecule has 0 aliphatic rings. The van der Waals surface area contributed by atoms with E-state index in [1.165, 1.54) is 5.56 Å². The van der Waals surface area contributed by atoms with Gasteiger partial charge < -0.3 is 5.32 Å². The number of hydrogen-bond donors (Lipinski definition) is 1. The Morgan fingerprint density at radius 2 is 2.05 bits per heavy atom. The minimum Gasteiger partial charge on any atom is -0.306 e. The predicted octanol–water partition coefficient (Wildman–Crippen LogP) is 4.97. The van der Waals surface area contributed by atoms with Crippen LogP contribution in [0.5, 0.6) is 0 Å². The van der Waals surface area contributed by atoms with Gasteiger partial charge in [-0.3, -0.25) is 0 Å². The van der Waals surface area contributed by atoms with Gasteiger partial charge in [0.2, 0.25) is 0 Å². The minimum absolute atomic E-state index is 0.0834. The van der Waals surface area contributed by atoms with E-state index >= 15 is 0 Å². The van der Waals surface area contributed by atoms with Crippen LogP contribution in [0, 0.1) is 19.7 Å². The number of rotatable bonds is 4. The molecule has 0 spiro atoms. The second-order valence-corrected chi connectivity index (χ2v) is 7.02. The molecule has 1 atom stereocenters. The second-order valence-electron chi connectivity index (χ2n) is 4.62. The average molecular weight is 342 g/mol. The molecule has 2 rings (SSSR count). The van der Waals surface area contributed by atoms with Crippen LogP contribution in [0.1, 0.15) is 34.5 Å². The van der Waals surface area contributed by atoms with Crippen molar-refractivity contribution in [1.29, 1.82) is 0 Å². The topological polar surface area (TPSA) is 12.0 Å². The highest BCUT2D eigenvalue weighted by Gasteiger charge is 2.19. The molecule has 4 heteroatoms. The number of halogens is 2. The third kappa shape index (κ3) is 3.25. The van der Waals surface area contributed by atoms with Crippen LogP contribution in [0.2, 0.25) is 0 Å². The molecule has 0 bridgehead atoms. The Hall–Kier alpha value is -0.710. The highest BCUT2D eigenvalue weighted by molar-refractivity contribution is 9.11. The van der Waals surface area contributed by atoms with E-state index in [9.17, 15) is 4.39 Å². The molecular weight excluding hydrogens is 325 g/mol. The van der Waals surface area contributed by atoms with Crippen molar-refractivity contribution >= 4 is 27.3 Å². The Balaban J connectivity index is 2.47. The molecule has 1 N–H and O–H groups in total. The zero-order chi connectivity index (χ0) is 14.0. The lowest BCUT2D eigenvalue weighted by atomic mass is 10.0. The zero-order valence-electron chi connectivity index (χ0n) is 11.3. The van der Waals surface area contributed by atoms with Gasteiger partial charge in [-0.25, -0.2) is 4.39 Å². The first kappa shape index (κ1) is 14.7. The first-order valence-electron chi connectivity index (χ1n) is 6.28. The van der Waals surface area contributed by atoms with E-state index in [0.717, 1.165) is 26.3 Å². The highest BCUT2D eigenvalue weighted by Crippen LogP contribution is 2.35. The van der Waals surface area contributed by atoms with Gasteiger partial charge in [-0.15, -0.1) is 11.3 Å². The highest BCUT2D eigenvalue weighted by atomic mass is 79.9. The summed E-state index contributed by atoms with van der Waals surface area (Å²) in [5.74, 6) is -0.154. The van der Waals surface area contributed by atoms with Gasteiger partial charge in [0.05, 0.1) is 9.83 Å². The maximum atomic E-state index is 14.1. The minimum atomic E-state index is -0.154. The smallest absolute Gasteiger partial charge is 0.128 e. The van der Waals surface area contributed by atoms with E-state index in [1.54, 1.807) is 23.5 Å². The maximum Gasteiger partial charge on any atom is 0.128 e. The molecule has 2 aromatic rings. The van der Waals surface area contributed by atoms with Crippen LogP contribution in [0.4, 0.5) is 4.39 Å². The first-order chi connectivity index (χ1) is 9.02. The van der Waals surface area contributed by atoms with Crippen LogP contribution in [-0.4, -0.2) is 6.54 Å². The summed E-state index contributed by atoms with van der Waals surface area (Å²) in [6.45, 7) is 6.88. The molecule has 1 aromatic carbocycles. The second kappa shape index (κ2) is 6.16. The molecule has 0 aliphatic heterocycles. The van der Waals surface area contributed by atoms with Crippen LogP contribution in [0.25, 0.3) is 0 Å². The normalized spacial score (nSPS) is 12.7. The van der Waals surface area contributed by atoms with Crippen molar-refractivity contribution in [2.45, 2.75) is 26.8 Å². The Labute approximate surface area is 126 Å². The van der Waals surface area contributed by atoms with Crippen LogP contribution < -0.4 is 5.32 Å². The lowest BCUT2D eigenvalue weighted by Crippen LogP contribution is -2.22. The number of nitrogens with one attached hydrogen (secondary N) is 1. The van der Waals surface area contributed by atoms with E-state index in [-0.39, 0.29) is 11.9 Å².